The quantitative estimate of drug-likeness (QED) is 0.572. The number of ether oxygens (including phenoxy) is 3. The van der Waals surface area contributed by atoms with Crippen LogP contribution in [0.15, 0.2) is 42.5 Å². The first-order valence-corrected chi connectivity index (χ1v) is 7.97. The Morgan fingerprint density at radius 3 is 2.46 bits per heavy atom. The van der Waals surface area contributed by atoms with E-state index in [-0.39, 0.29) is 11.4 Å². The molecule has 0 aliphatic heterocycles. The molecule has 2 aromatic rings. The summed E-state index contributed by atoms with van der Waals surface area (Å²) in [7, 11) is 1.42. The van der Waals surface area contributed by atoms with Gasteiger partial charge in [-0.1, -0.05) is 0 Å². The fourth-order valence-corrected chi connectivity index (χ4v) is 2.16. The maximum Gasteiger partial charge on any atom is 0.273 e. The Kier molecular flexibility index (Phi) is 6.37. The third-order valence-electron chi connectivity index (χ3n) is 3.46. The van der Waals surface area contributed by atoms with Crippen LogP contribution in [0.1, 0.15) is 13.8 Å². The Hall–Kier alpha value is -3.29. The zero-order valence-corrected chi connectivity index (χ0v) is 14.7. The summed E-state index contributed by atoms with van der Waals surface area (Å²) in [5, 5.41) is 13.6. The van der Waals surface area contributed by atoms with Crippen LogP contribution < -0.4 is 19.5 Å². The number of rotatable bonds is 8. The van der Waals surface area contributed by atoms with Crippen LogP contribution in [0, 0.1) is 10.1 Å². The molecule has 0 spiro atoms. The van der Waals surface area contributed by atoms with E-state index in [1.807, 2.05) is 6.92 Å². The third-order valence-corrected chi connectivity index (χ3v) is 3.46. The number of nitro benzene ring substituents is 1. The average molecular weight is 360 g/mol. The summed E-state index contributed by atoms with van der Waals surface area (Å²) >= 11 is 0. The standard InChI is InChI=1S/C18H20N2O6/c1-4-25-15-8-5-13(6-9-15)19-18(21)12(2)26-17-11-14(20(22)23)7-10-16(17)24-3/h5-12H,4H2,1-3H3,(H,19,21)/t12-/m1/s1. The van der Waals surface area contributed by atoms with E-state index in [2.05, 4.69) is 5.32 Å². The molecule has 1 atom stereocenters. The van der Waals surface area contributed by atoms with Crippen LogP contribution in [0.5, 0.6) is 17.2 Å². The molecule has 2 rings (SSSR count). The van der Waals surface area contributed by atoms with Crippen LogP contribution in [0.4, 0.5) is 11.4 Å². The Labute approximate surface area is 150 Å². The van der Waals surface area contributed by atoms with Crippen molar-refractivity contribution in [2.45, 2.75) is 20.0 Å². The summed E-state index contributed by atoms with van der Waals surface area (Å²) in [6.07, 6.45) is -0.891. The van der Waals surface area contributed by atoms with Crippen LogP contribution >= 0.6 is 0 Å². The van der Waals surface area contributed by atoms with Gasteiger partial charge in [0.1, 0.15) is 5.75 Å². The van der Waals surface area contributed by atoms with Crippen molar-refractivity contribution in [3.63, 3.8) is 0 Å². The van der Waals surface area contributed by atoms with Gasteiger partial charge in [-0.15, -0.1) is 0 Å². The molecule has 8 nitrogen and oxygen atoms in total. The number of carbonyl (C=O) groups excluding carboxylic acids is 1. The summed E-state index contributed by atoms with van der Waals surface area (Å²) in [5.41, 5.74) is 0.430. The van der Waals surface area contributed by atoms with Crippen LogP contribution in [0.25, 0.3) is 0 Å². The van der Waals surface area contributed by atoms with Gasteiger partial charge >= 0.3 is 0 Å². The van der Waals surface area contributed by atoms with Crippen molar-refractivity contribution < 1.29 is 23.9 Å². The number of methoxy groups -OCH3 is 1. The van der Waals surface area contributed by atoms with E-state index in [0.29, 0.717) is 23.8 Å². The Bertz CT molecular complexity index is 776. The maximum absolute atomic E-state index is 12.3. The highest BCUT2D eigenvalue weighted by Gasteiger charge is 2.19. The number of benzene rings is 2. The maximum atomic E-state index is 12.3. The van der Waals surface area contributed by atoms with Gasteiger partial charge in [-0.2, -0.15) is 0 Å². The van der Waals surface area contributed by atoms with Crippen molar-refractivity contribution in [2.75, 3.05) is 19.0 Å². The van der Waals surface area contributed by atoms with E-state index in [1.165, 1.54) is 25.3 Å². The van der Waals surface area contributed by atoms with Crippen molar-refractivity contribution in [2.24, 2.45) is 0 Å². The molecule has 0 unspecified atom stereocenters. The van der Waals surface area contributed by atoms with Crippen LogP contribution in [0.3, 0.4) is 0 Å². The minimum Gasteiger partial charge on any atom is -0.494 e. The molecule has 2 aromatic carbocycles. The zero-order valence-electron chi connectivity index (χ0n) is 14.7. The second-order valence-electron chi connectivity index (χ2n) is 5.30. The first-order valence-electron chi connectivity index (χ1n) is 7.97. The minimum absolute atomic E-state index is 0.121. The largest absolute Gasteiger partial charge is 0.494 e. The lowest BCUT2D eigenvalue weighted by Crippen LogP contribution is -2.30. The Balaban J connectivity index is 2.06. The number of carbonyl (C=O) groups is 1. The van der Waals surface area contributed by atoms with Gasteiger partial charge < -0.3 is 19.5 Å². The normalized spacial score (nSPS) is 11.3. The molecular formula is C18H20N2O6. The van der Waals surface area contributed by atoms with Gasteiger partial charge in [-0.05, 0) is 44.2 Å². The van der Waals surface area contributed by atoms with E-state index in [0.717, 1.165) is 0 Å². The van der Waals surface area contributed by atoms with Crippen molar-refractivity contribution in [3.05, 3.63) is 52.6 Å². The van der Waals surface area contributed by atoms with Gasteiger partial charge in [0.2, 0.25) is 0 Å². The van der Waals surface area contributed by atoms with Crippen LogP contribution in [-0.4, -0.2) is 30.7 Å². The molecule has 0 fully saturated rings. The van der Waals surface area contributed by atoms with Gasteiger partial charge in [0.25, 0.3) is 11.6 Å². The number of hydrogen-bond acceptors (Lipinski definition) is 6. The lowest BCUT2D eigenvalue weighted by Gasteiger charge is -2.16. The summed E-state index contributed by atoms with van der Waals surface area (Å²) in [5.74, 6) is 0.728. The lowest BCUT2D eigenvalue weighted by molar-refractivity contribution is -0.385. The Morgan fingerprint density at radius 2 is 1.88 bits per heavy atom. The van der Waals surface area contributed by atoms with Crippen LogP contribution in [-0.2, 0) is 4.79 Å². The molecule has 0 aliphatic carbocycles. The number of hydrogen-bond donors (Lipinski definition) is 1. The average Bonchev–Trinajstić information content (AvgIpc) is 2.63. The van der Waals surface area contributed by atoms with Gasteiger partial charge in [0, 0.05) is 11.8 Å². The van der Waals surface area contributed by atoms with E-state index in [4.69, 9.17) is 14.2 Å². The summed E-state index contributed by atoms with van der Waals surface area (Å²) in [6, 6.07) is 10.9. The van der Waals surface area contributed by atoms with E-state index >= 15 is 0 Å². The fraction of sp³-hybridized carbons (Fsp3) is 0.278. The smallest absolute Gasteiger partial charge is 0.273 e. The van der Waals surface area contributed by atoms with E-state index < -0.39 is 16.9 Å². The van der Waals surface area contributed by atoms with Gasteiger partial charge in [0.05, 0.1) is 24.7 Å². The van der Waals surface area contributed by atoms with Crippen molar-refractivity contribution in [3.8, 4) is 17.2 Å². The molecule has 26 heavy (non-hydrogen) atoms. The van der Waals surface area contributed by atoms with Crippen molar-refractivity contribution >= 4 is 17.3 Å². The number of amides is 1. The zero-order chi connectivity index (χ0) is 19.1. The van der Waals surface area contributed by atoms with Crippen molar-refractivity contribution in [1.29, 1.82) is 0 Å². The highest BCUT2D eigenvalue weighted by molar-refractivity contribution is 5.94. The molecule has 0 saturated heterocycles. The third kappa shape index (κ3) is 4.85. The number of nitrogens with one attached hydrogen (secondary N) is 1. The number of nitro groups is 1. The predicted octanol–water partition coefficient (Wildman–Crippen LogP) is 3.41. The predicted molar refractivity (Wildman–Crippen MR) is 96.0 cm³/mol. The SMILES string of the molecule is CCOc1ccc(NC(=O)[C@@H](C)Oc2cc([N+](=O)[O-])ccc2OC)cc1. The molecule has 1 amide bonds. The number of non-ortho nitro benzene ring substituents is 1. The van der Waals surface area contributed by atoms with E-state index in [1.54, 1.807) is 31.2 Å². The summed E-state index contributed by atoms with van der Waals surface area (Å²) < 4.78 is 16.0. The van der Waals surface area contributed by atoms with E-state index in [9.17, 15) is 14.9 Å². The topological polar surface area (TPSA) is 99.9 Å². The first-order chi connectivity index (χ1) is 12.4. The molecule has 0 aromatic heterocycles. The molecule has 0 saturated carbocycles. The number of nitrogens with zero attached hydrogens (tertiary/aromatic N) is 1. The minimum atomic E-state index is -0.891. The van der Waals surface area contributed by atoms with Crippen molar-refractivity contribution in [1.82, 2.24) is 0 Å². The van der Waals surface area contributed by atoms with Gasteiger partial charge in [-0.3, -0.25) is 14.9 Å². The monoisotopic (exact) mass is 360 g/mol. The highest BCUT2D eigenvalue weighted by Crippen LogP contribution is 2.32. The van der Waals surface area contributed by atoms with Gasteiger partial charge in [-0.25, -0.2) is 0 Å². The van der Waals surface area contributed by atoms with Crippen LogP contribution in [0.2, 0.25) is 0 Å². The first kappa shape index (κ1) is 19.0. The molecule has 138 valence electrons. The molecule has 0 aliphatic rings. The summed E-state index contributed by atoms with van der Waals surface area (Å²) in [4.78, 5) is 22.7. The summed E-state index contributed by atoms with van der Waals surface area (Å²) in [6.45, 7) is 3.99. The molecule has 8 heteroatoms. The lowest BCUT2D eigenvalue weighted by atomic mass is 10.2. The fourth-order valence-electron chi connectivity index (χ4n) is 2.16. The molecule has 0 heterocycles. The Morgan fingerprint density at radius 1 is 1.19 bits per heavy atom. The molecule has 0 radical (unpaired) electrons. The molecule has 0 bridgehead atoms. The van der Waals surface area contributed by atoms with Gasteiger partial charge in [0.15, 0.2) is 17.6 Å². The second kappa shape index (κ2) is 8.70. The highest BCUT2D eigenvalue weighted by atomic mass is 16.6. The molecule has 1 N–H and O–H groups in total. The molecular weight excluding hydrogens is 340 g/mol. The second-order valence-corrected chi connectivity index (χ2v) is 5.30. The number of anilines is 1.